The van der Waals surface area contributed by atoms with E-state index in [0.29, 0.717) is 6.04 Å². The van der Waals surface area contributed by atoms with Crippen molar-refractivity contribution in [3.05, 3.63) is 35.8 Å². The molecule has 1 aliphatic rings. The van der Waals surface area contributed by atoms with E-state index in [0.717, 1.165) is 30.9 Å². The van der Waals surface area contributed by atoms with Gasteiger partial charge in [-0.15, -0.1) is 0 Å². The molecule has 1 atom stereocenters. The lowest BCUT2D eigenvalue weighted by atomic mass is 10.2. The molecule has 0 amide bonds. The Labute approximate surface area is 107 Å². The molecular formula is C14H19N3O. The summed E-state index contributed by atoms with van der Waals surface area (Å²) in [7, 11) is 0. The summed E-state index contributed by atoms with van der Waals surface area (Å²) >= 11 is 0. The molecule has 1 fully saturated rings. The SMILES string of the molecule is Cc1ccc2nc(CN3CCC[C@H]3CO)cn2c1. The first-order valence-corrected chi connectivity index (χ1v) is 6.55. The van der Waals surface area contributed by atoms with Crippen LogP contribution >= 0.6 is 0 Å². The zero-order valence-electron chi connectivity index (χ0n) is 10.7. The van der Waals surface area contributed by atoms with Gasteiger partial charge in [0.05, 0.1) is 12.3 Å². The van der Waals surface area contributed by atoms with Gasteiger partial charge >= 0.3 is 0 Å². The van der Waals surface area contributed by atoms with Gasteiger partial charge in [0, 0.05) is 25.0 Å². The molecule has 0 bridgehead atoms. The average Bonchev–Trinajstić information content (AvgIpc) is 2.94. The Bertz CT molecular complexity index is 549. The van der Waals surface area contributed by atoms with Crippen LogP contribution < -0.4 is 0 Å². The number of rotatable bonds is 3. The maximum atomic E-state index is 9.32. The van der Waals surface area contributed by atoms with Crippen molar-refractivity contribution in [2.75, 3.05) is 13.2 Å². The number of aliphatic hydroxyl groups excluding tert-OH is 1. The van der Waals surface area contributed by atoms with Crippen LogP contribution in [-0.4, -0.2) is 38.6 Å². The smallest absolute Gasteiger partial charge is 0.137 e. The summed E-state index contributed by atoms with van der Waals surface area (Å²) in [5.74, 6) is 0. The Kier molecular flexibility index (Phi) is 3.06. The van der Waals surface area contributed by atoms with E-state index in [-0.39, 0.29) is 6.61 Å². The fourth-order valence-electron chi connectivity index (χ4n) is 2.75. The lowest BCUT2D eigenvalue weighted by Crippen LogP contribution is -2.31. The molecule has 4 nitrogen and oxygen atoms in total. The van der Waals surface area contributed by atoms with Crippen molar-refractivity contribution in [2.45, 2.75) is 32.4 Å². The molecule has 96 valence electrons. The van der Waals surface area contributed by atoms with Gasteiger partial charge in [0.15, 0.2) is 0 Å². The number of nitrogens with zero attached hydrogens (tertiary/aromatic N) is 3. The van der Waals surface area contributed by atoms with Crippen LogP contribution in [0, 0.1) is 6.92 Å². The second kappa shape index (κ2) is 4.71. The molecule has 2 aromatic rings. The van der Waals surface area contributed by atoms with Gasteiger partial charge in [-0.3, -0.25) is 4.90 Å². The van der Waals surface area contributed by atoms with Gasteiger partial charge in [-0.05, 0) is 37.9 Å². The van der Waals surface area contributed by atoms with E-state index in [9.17, 15) is 5.11 Å². The lowest BCUT2D eigenvalue weighted by molar-refractivity contribution is 0.152. The number of likely N-dealkylation sites (tertiary alicyclic amines) is 1. The molecule has 4 heteroatoms. The summed E-state index contributed by atoms with van der Waals surface area (Å²) in [4.78, 5) is 6.95. The second-order valence-electron chi connectivity index (χ2n) is 5.15. The molecule has 3 heterocycles. The monoisotopic (exact) mass is 245 g/mol. The summed E-state index contributed by atoms with van der Waals surface area (Å²) in [5, 5.41) is 9.32. The molecule has 1 saturated heterocycles. The number of aliphatic hydroxyl groups is 1. The van der Waals surface area contributed by atoms with Crippen LogP contribution in [0.25, 0.3) is 5.65 Å². The highest BCUT2D eigenvalue weighted by molar-refractivity contribution is 5.41. The van der Waals surface area contributed by atoms with Crippen molar-refractivity contribution >= 4 is 5.65 Å². The van der Waals surface area contributed by atoms with Crippen molar-refractivity contribution < 1.29 is 5.11 Å². The minimum atomic E-state index is 0.256. The Morgan fingerprint density at radius 2 is 2.28 bits per heavy atom. The number of pyridine rings is 1. The van der Waals surface area contributed by atoms with Crippen molar-refractivity contribution in [3.63, 3.8) is 0 Å². The van der Waals surface area contributed by atoms with E-state index in [4.69, 9.17) is 0 Å². The van der Waals surface area contributed by atoms with Crippen LogP contribution in [-0.2, 0) is 6.54 Å². The van der Waals surface area contributed by atoms with Crippen LogP contribution in [0.2, 0.25) is 0 Å². The molecule has 18 heavy (non-hydrogen) atoms. The van der Waals surface area contributed by atoms with Crippen LogP contribution in [0.3, 0.4) is 0 Å². The number of imidazole rings is 1. The second-order valence-corrected chi connectivity index (χ2v) is 5.15. The van der Waals surface area contributed by atoms with Gasteiger partial charge in [-0.25, -0.2) is 4.98 Å². The van der Waals surface area contributed by atoms with Gasteiger partial charge in [0.1, 0.15) is 5.65 Å². The molecule has 0 radical (unpaired) electrons. The summed E-state index contributed by atoms with van der Waals surface area (Å²) in [6.45, 7) is 4.25. The average molecular weight is 245 g/mol. The Balaban J connectivity index is 1.82. The molecule has 0 saturated carbocycles. The maximum absolute atomic E-state index is 9.32. The summed E-state index contributed by atoms with van der Waals surface area (Å²) in [5.41, 5.74) is 3.32. The van der Waals surface area contributed by atoms with Gasteiger partial charge in [0.25, 0.3) is 0 Å². The zero-order valence-corrected chi connectivity index (χ0v) is 10.7. The third-order valence-electron chi connectivity index (χ3n) is 3.72. The molecule has 1 N–H and O–H groups in total. The molecule has 3 rings (SSSR count). The number of hydrogen-bond acceptors (Lipinski definition) is 3. The highest BCUT2D eigenvalue weighted by Gasteiger charge is 2.24. The summed E-state index contributed by atoms with van der Waals surface area (Å²) in [6.07, 6.45) is 6.47. The molecule has 0 aliphatic carbocycles. The van der Waals surface area contributed by atoms with Crippen LogP contribution in [0.1, 0.15) is 24.1 Å². The minimum absolute atomic E-state index is 0.256. The molecule has 0 spiro atoms. The topological polar surface area (TPSA) is 40.8 Å². The molecule has 1 aliphatic heterocycles. The molecule has 0 aromatic carbocycles. The van der Waals surface area contributed by atoms with Crippen molar-refractivity contribution in [1.82, 2.24) is 14.3 Å². The predicted octanol–water partition coefficient (Wildman–Crippen LogP) is 1.60. The van der Waals surface area contributed by atoms with Crippen LogP contribution in [0.4, 0.5) is 0 Å². The molecular weight excluding hydrogens is 226 g/mol. The standard InChI is InChI=1S/C14H19N3O/c1-11-4-5-14-15-12(9-17(14)7-11)8-16-6-2-3-13(16)10-18/h4-5,7,9,13,18H,2-3,6,8,10H2,1H3/t13-/m0/s1. The van der Waals surface area contributed by atoms with E-state index >= 15 is 0 Å². The van der Waals surface area contributed by atoms with E-state index < -0.39 is 0 Å². The fourth-order valence-corrected chi connectivity index (χ4v) is 2.75. The summed E-state index contributed by atoms with van der Waals surface area (Å²) in [6, 6.07) is 4.45. The van der Waals surface area contributed by atoms with Crippen molar-refractivity contribution in [2.24, 2.45) is 0 Å². The lowest BCUT2D eigenvalue weighted by Gasteiger charge is -2.21. The summed E-state index contributed by atoms with van der Waals surface area (Å²) < 4.78 is 2.08. The van der Waals surface area contributed by atoms with Crippen molar-refractivity contribution in [1.29, 1.82) is 0 Å². The van der Waals surface area contributed by atoms with Crippen LogP contribution in [0.5, 0.6) is 0 Å². The number of aryl methyl sites for hydroxylation is 1. The third kappa shape index (κ3) is 2.13. The molecule has 2 aromatic heterocycles. The van der Waals surface area contributed by atoms with E-state index in [1.165, 1.54) is 12.0 Å². The van der Waals surface area contributed by atoms with Gasteiger partial charge in [-0.1, -0.05) is 6.07 Å². The number of hydrogen-bond donors (Lipinski definition) is 1. The number of aromatic nitrogens is 2. The first kappa shape index (κ1) is 11.7. The first-order chi connectivity index (χ1) is 8.76. The largest absolute Gasteiger partial charge is 0.395 e. The van der Waals surface area contributed by atoms with Gasteiger partial charge in [-0.2, -0.15) is 0 Å². The van der Waals surface area contributed by atoms with E-state index in [1.807, 2.05) is 6.07 Å². The van der Waals surface area contributed by atoms with Crippen molar-refractivity contribution in [3.8, 4) is 0 Å². The quantitative estimate of drug-likeness (QED) is 0.893. The predicted molar refractivity (Wildman–Crippen MR) is 70.4 cm³/mol. The Morgan fingerprint density at radius 3 is 3.11 bits per heavy atom. The normalized spacial score (nSPS) is 20.9. The highest BCUT2D eigenvalue weighted by atomic mass is 16.3. The number of fused-ring (bicyclic) bond motifs is 1. The fraction of sp³-hybridized carbons (Fsp3) is 0.500. The van der Waals surface area contributed by atoms with E-state index in [1.54, 1.807) is 0 Å². The van der Waals surface area contributed by atoms with Gasteiger partial charge in [0.2, 0.25) is 0 Å². The van der Waals surface area contributed by atoms with Gasteiger partial charge < -0.3 is 9.51 Å². The highest BCUT2D eigenvalue weighted by Crippen LogP contribution is 2.19. The first-order valence-electron chi connectivity index (χ1n) is 6.55. The Hall–Kier alpha value is -1.39. The third-order valence-corrected chi connectivity index (χ3v) is 3.72. The molecule has 0 unspecified atom stereocenters. The zero-order chi connectivity index (χ0) is 12.5. The minimum Gasteiger partial charge on any atom is -0.395 e. The van der Waals surface area contributed by atoms with E-state index in [2.05, 4.69) is 39.7 Å². The van der Waals surface area contributed by atoms with Crippen LogP contribution in [0.15, 0.2) is 24.5 Å². The Morgan fingerprint density at radius 1 is 1.39 bits per heavy atom. The maximum Gasteiger partial charge on any atom is 0.137 e.